The van der Waals surface area contributed by atoms with Crippen molar-refractivity contribution in [1.82, 2.24) is 5.32 Å². The van der Waals surface area contributed by atoms with Crippen molar-refractivity contribution < 1.29 is 45.0 Å². The van der Waals surface area contributed by atoms with Crippen LogP contribution in [0, 0.1) is 11.3 Å². The van der Waals surface area contributed by atoms with Crippen LogP contribution in [0.3, 0.4) is 0 Å². The number of ether oxygens (including phenoxy) is 3. The first kappa shape index (κ1) is 33.5. The normalized spacial score (nSPS) is 17.2. The number of hydrogen-bond acceptors (Lipinski definition) is 8. The molecule has 240 valence electrons. The Bertz CT molecular complexity index is 1570. The highest BCUT2D eigenvalue weighted by Gasteiger charge is 2.34. The predicted molar refractivity (Wildman–Crippen MR) is 156 cm³/mol. The van der Waals surface area contributed by atoms with E-state index in [1.54, 1.807) is 43.3 Å². The number of halogens is 4. The Balaban J connectivity index is 1.44. The smallest absolute Gasteiger partial charge is 0.387 e. The molecule has 1 amide bonds. The van der Waals surface area contributed by atoms with E-state index in [1.807, 2.05) is 11.0 Å². The maximum atomic E-state index is 13.1. The monoisotopic (exact) mass is 649 g/mol. The molecule has 0 aromatic heterocycles. The molecule has 3 atom stereocenters. The summed E-state index contributed by atoms with van der Waals surface area (Å²) in [6, 6.07) is 18.9. The Hall–Kier alpha value is -4.35. The molecule has 3 aromatic rings. The average Bonchev–Trinajstić information content (AvgIpc) is 3.43. The number of nitrogens with zero attached hydrogens (tertiary/aromatic N) is 2. The number of rotatable bonds is 14. The minimum atomic E-state index is -3.40. The minimum absolute atomic E-state index is 0.0305. The van der Waals surface area contributed by atoms with Crippen molar-refractivity contribution in [3.05, 3.63) is 83.9 Å². The zero-order valence-electron chi connectivity index (χ0n) is 24.1. The number of nitriles is 1. The quantitative estimate of drug-likeness (QED) is 0.220. The topological polar surface area (TPSA) is 118 Å². The minimum Gasteiger partial charge on any atom is -0.489 e. The first-order valence-electron chi connectivity index (χ1n) is 14.0. The van der Waals surface area contributed by atoms with Gasteiger partial charge in [0.25, 0.3) is 5.91 Å². The number of alkyl halides is 4. The second-order valence-corrected chi connectivity index (χ2v) is 12.4. The molecule has 0 aliphatic carbocycles. The van der Waals surface area contributed by atoms with Gasteiger partial charge >= 0.3 is 13.2 Å². The molecule has 4 rings (SSSR count). The van der Waals surface area contributed by atoms with E-state index >= 15 is 0 Å². The largest absolute Gasteiger partial charge is 0.489 e. The maximum absolute atomic E-state index is 13.1. The van der Waals surface area contributed by atoms with Crippen molar-refractivity contribution in [3.8, 4) is 17.6 Å². The number of anilines is 1. The van der Waals surface area contributed by atoms with Crippen molar-refractivity contribution in [2.45, 2.75) is 56.1 Å². The molecule has 3 aromatic carbocycles. The Morgan fingerprint density at radius 2 is 1.62 bits per heavy atom. The van der Waals surface area contributed by atoms with Crippen LogP contribution in [0.15, 0.2) is 77.7 Å². The highest BCUT2D eigenvalue weighted by Crippen LogP contribution is 2.30. The van der Waals surface area contributed by atoms with E-state index in [4.69, 9.17) is 4.74 Å². The fourth-order valence-electron chi connectivity index (χ4n) is 4.97. The summed E-state index contributed by atoms with van der Waals surface area (Å²) in [4.78, 5) is 15.1. The summed E-state index contributed by atoms with van der Waals surface area (Å²) in [5.41, 5.74) is 1.48. The van der Waals surface area contributed by atoms with E-state index < -0.39 is 47.2 Å². The number of nitrogens with one attached hydrogen (secondary N) is 1. The SMILES string of the molecule is CCS(=O)(=O)c1ccc([C@H](CC#N)NC(=O)c2ccc(N3C[C@@H](Oc4ccc(OC(F)F)cc4)C[C@H]3COC(F)F)cc2)cc1. The third-order valence-electron chi connectivity index (χ3n) is 7.23. The zero-order valence-corrected chi connectivity index (χ0v) is 24.9. The molecular formula is C31H31F4N3O6S. The first-order valence-corrected chi connectivity index (χ1v) is 15.6. The van der Waals surface area contributed by atoms with Crippen molar-refractivity contribution in [2.75, 3.05) is 23.8 Å². The van der Waals surface area contributed by atoms with Crippen LogP contribution >= 0.6 is 0 Å². The number of carbonyl (C=O) groups is 1. The lowest BCUT2D eigenvalue weighted by atomic mass is 10.0. The molecule has 0 saturated carbocycles. The lowest BCUT2D eigenvalue weighted by Gasteiger charge is -2.26. The van der Waals surface area contributed by atoms with Crippen LogP contribution in [0.25, 0.3) is 0 Å². The first-order chi connectivity index (χ1) is 21.5. The number of benzene rings is 3. The van der Waals surface area contributed by atoms with Gasteiger partial charge in [0, 0.05) is 17.7 Å². The van der Waals surface area contributed by atoms with Crippen LogP contribution in [-0.4, -0.2) is 58.6 Å². The molecular weight excluding hydrogens is 618 g/mol. The summed E-state index contributed by atoms with van der Waals surface area (Å²) in [6.07, 6.45) is -0.156. The summed E-state index contributed by atoms with van der Waals surface area (Å²) < 4.78 is 89.8. The second-order valence-electron chi connectivity index (χ2n) is 10.1. The van der Waals surface area contributed by atoms with Gasteiger partial charge in [0.1, 0.15) is 17.6 Å². The Labute approximate surface area is 258 Å². The molecule has 0 unspecified atom stereocenters. The van der Waals surface area contributed by atoms with Gasteiger partial charge in [-0.1, -0.05) is 19.1 Å². The number of carbonyl (C=O) groups excluding carboxylic acids is 1. The fourth-order valence-corrected chi connectivity index (χ4v) is 5.86. The van der Waals surface area contributed by atoms with Crippen molar-refractivity contribution in [2.24, 2.45) is 0 Å². The summed E-state index contributed by atoms with van der Waals surface area (Å²) in [7, 11) is -3.40. The molecule has 0 spiro atoms. The molecule has 1 fully saturated rings. The van der Waals surface area contributed by atoms with Crippen LogP contribution in [-0.2, 0) is 14.6 Å². The molecule has 9 nitrogen and oxygen atoms in total. The Morgan fingerprint density at radius 3 is 2.20 bits per heavy atom. The zero-order chi connectivity index (χ0) is 32.6. The second kappa shape index (κ2) is 15.1. The van der Waals surface area contributed by atoms with Gasteiger partial charge in [-0.3, -0.25) is 4.79 Å². The summed E-state index contributed by atoms with van der Waals surface area (Å²) in [5, 5.41) is 12.1. The van der Waals surface area contributed by atoms with Crippen LogP contribution in [0.5, 0.6) is 11.5 Å². The van der Waals surface area contributed by atoms with Crippen LogP contribution in [0.1, 0.15) is 41.7 Å². The number of hydrogen-bond donors (Lipinski definition) is 1. The third-order valence-corrected chi connectivity index (χ3v) is 8.98. The summed E-state index contributed by atoms with van der Waals surface area (Å²) in [5.74, 6) is -0.165. The van der Waals surface area contributed by atoms with Crippen LogP contribution < -0.4 is 19.7 Å². The van der Waals surface area contributed by atoms with Gasteiger partial charge in [0.15, 0.2) is 9.84 Å². The van der Waals surface area contributed by atoms with Gasteiger partial charge in [0.2, 0.25) is 0 Å². The van der Waals surface area contributed by atoms with E-state index in [0.29, 0.717) is 30.0 Å². The molecule has 1 heterocycles. The molecule has 1 N–H and O–H groups in total. The molecule has 1 aliphatic heterocycles. The Morgan fingerprint density at radius 1 is 0.978 bits per heavy atom. The van der Waals surface area contributed by atoms with Crippen LogP contribution in [0.2, 0.25) is 0 Å². The average molecular weight is 650 g/mol. The highest BCUT2D eigenvalue weighted by molar-refractivity contribution is 7.91. The summed E-state index contributed by atoms with van der Waals surface area (Å²) >= 11 is 0. The lowest BCUT2D eigenvalue weighted by Crippen LogP contribution is -2.34. The molecule has 1 aliphatic rings. The fraction of sp³-hybridized carbons (Fsp3) is 0.355. The van der Waals surface area contributed by atoms with E-state index in [-0.39, 0.29) is 35.0 Å². The molecule has 0 bridgehead atoms. The maximum Gasteiger partial charge on any atom is 0.387 e. The van der Waals surface area contributed by atoms with Crippen molar-refractivity contribution >= 4 is 21.4 Å². The van der Waals surface area contributed by atoms with Gasteiger partial charge in [-0.2, -0.15) is 22.8 Å². The molecule has 45 heavy (non-hydrogen) atoms. The van der Waals surface area contributed by atoms with E-state index in [1.165, 1.54) is 36.4 Å². The van der Waals surface area contributed by atoms with Gasteiger partial charge in [-0.15, -0.1) is 0 Å². The highest BCUT2D eigenvalue weighted by atomic mass is 32.2. The molecule has 1 saturated heterocycles. The van der Waals surface area contributed by atoms with Gasteiger partial charge in [-0.05, 0) is 66.2 Å². The number of sulfone groups is 1. The van der Waals surface area contributed by atoms with Crippen LogP contribution in [0.4, 0.5) is 23.2 Å². The standard InChI is InChI=1S/C31H31F4N3O6S/c1-2-45(40,41)27-13-5-20(6-14-27)28(15-16-36)37-29(39)21-3-7-22(8-4-21)38-18-26(17-23(38)19-42-30(32)33)43-24-9-11-25(12-10-24)44-31(34)35/h3-14,23,26,28,30-31H,2,15,17-19H2,1H3,(H,37,39)/t23-,26-,28-/m0/s1. The van der Waals surface area contributed by atoms with Crippen molar-refractivity contribution in [1.29, 1.82) is 5.26 Å². The summed E-state index contributed by atoms with van der Waals surface area (Å²) in [6.45, 7) is -4.37. The van der Waals surface area contributed by atoms with Crippen molar-refractivity contribution in [3.63, 3.8) is 0 Å². The van der Waals surface area contributed by atoms with E-state index in [9.17, 15) is 36.0 Å². The lowest BCUT2D eigenvalue weighted by molar-refractivity contribution is -0.131. The van der Waals surface area contributed by atoms with Gasteiger partial charge in [-0.25, -0.2) is 8.42 Å². The van der Waals surface area contributed by atoms with Gasteiger partial charge < -0.3 is 24.4 Å². The predicted octanol–water partition coefficient (Wildman–Crippen LogP) is 5.73. The van der Waals surface area contributed by atoms with E-state index in [0.717, 1.165) is 0 Å². The molecule has 0 radical (unpaired) electrons. The number of amides is 1. The molecule has 14 heteroatoms. The Kier molecular flexibility index (Phi) is 11.2. The van der Waals surface area contributed by atoms with Gasteiger partial charge in [0.05, 0.1) is 48.4 Å². The van der Waals surface area contributed by atoms with E-state index in [2.05, 4.69) is 14.8 Å². The third kappa shape index (κ3) is 9.09.